The van der Waals surface area contributed by atoms with Crippen molar-refractivity contribution < 1.29 is 18.3 Å². The number of rotatable bonds is 1. The Kier molecular flexibility index (Phi) is 2.48. The highest BCUT2D eigenvalue weighted by atomic mass is 19.3. The lowest BCUT2D eigenvalue weighted by Gasteiger charge is -2.05. The summed E-state index contributed by atoms with van der Waals surface area (Å²) in [5.74, 6) is -0.0285. The van der Waals surface area contributed by atoms with Crippen molar-refractivity contribution in [1.29, 1.82) is 0 Å². The van der Waals surface area contributed by atoms with Gasteiger partial charge in [-0.05, 0) is 23.6 Å². The van der Waals surface area contributed by atoms with Crippen LogP contribution in [0.3, 0.4) is 0 Å². The van der Waals surface area contributed by atoms with E-state index in [9.17, 15) is 18.7 Å². The first kappa shape index (κ1) is 11.6. The van der Waals surface area contributed by atoms with Crippen LogP contribution in [0.1, 0.15) is 12.0 Å². The second-order valence-electron chi connectivity index (χ2n) is 4.18. The lowest BCUT2D eigenvalue weighted by atomic mass is 10.1. The van der Waals surface area contributed by atoms with Crippen LogP contribution in [0.25, 0.3) is 21.7 Å². The monoisotopic (exact) mass is 262 g/mol. The largest absolute Gasteiger partial charge is 0.508 e. The molecule has 3 nitrogen and oxygen atoms in total. The second-order valence-corrected chi connectivity index (χ2v) is 4.18. The van der Waals surface area contributed by atoms with E-state index in [-0.39, 0.29) is 22.3 Å². The minimum absolute atomic E-state index is 0.0285. The molecule has 19 heavy (non-hydrogen) atoms. The highest BCUT2D eigenvalue weighted by molar-refractivity contribution is 6.04. The molecule has 3 aromatic rings. The molecule has 0 atom stereocenters. The summed E-state index contributed by atoms with van der Waals surface area (Å²) in [6.07, 6.45) is -2.64. The van der Waals surface area contributed by atoms with Crippen molar-refractivity contribution in [3.8, 4) is 5.75 Å². The molecule has 0 aliphatic carbocycles. The molecule has 96 valence electrons. The normalized spacial score (nSPS) is 11.5. The molecular formula is C14H8F2O3. The Bertz CT molecular complexity index is 837. The maximum absolute atomic E-state index is 12.6. The maximum Gasteiger partial charge on any atom is 0.344 e. The van der Waals surface area contributed by atoms with Gasteiger partial charge in [-0.2, -0.15) is 0 Å². The SMILES string of the molecule is O=c1oc2cc(O)ccc2c2ccc(C(F)F)cc12. The van der Waals surface area contributed by atoms with Gasteiger partial charge in [0, 0.05) is 17.0 Å². The number of hydrogen-bond donors (Lipinski definition) is 1. The molecular weight excluding hydrogens is 254 g/mol. The molecule has 0 radical (unpaired) electrons. The number of benzene rings is 2. The molecule has 0 aliphatic rings. The minimum Gasteiger partial charge on any atom is -0.508 e. The summed E-state index contributed by atoms with van der Waals surface area (Å²) < 4.78 is 30.3. The van der Waals surface area contributed by atoms with Crippen LogP contribution >= 0.6 is 0 Å². The van der Waals surface area contributed by atoms with E-state index in [0.717, 1.165) is 6.07 Å². The number of fused-ring (bicyclic) bond motifs is 3. The van der Waals surface area contributed by atoms with Gasteiger partial charge < -0.3 is 9.52 Å². The van der Waals surface area contributed by atoms with Crippen LogP contribution in [-0.2, 0) is 0 Å². The molecule has 1 N–H and O–H groups in total. The zero-order valence-electron chi connectivity index (χ0n) is 9.56. The average molecular weight is 262 g/mol. The molecule has 1 heterocycles. The quantitative estimate of drug-likeness (QED) is 0.538. The van der Waals surface area contributed by atoms with Gasteiger partial charge in [-0.3, -0.25) is 0 Å². The smallest absolute Gasteiger partial charge is 0.344 e. The fourth-order valence-electron chi connectivity index (χ4n) is 2.07. The van der Waals surface area contributed by atoms with Gasteiger partial charge in [0.05, 0.1) is 5.39 Å². The zero-order chi connectivity index (χ0) is 13.6. The van der Waals surface area contributed by atoms with Crippen LogP contribution < -0.4 is 5.63 Å². The Hall–Kier alpha value is -2.43. The second kappa shape index (κ2) is 4.05. The van der Waals surface area contributed by atoms with Crippen molar-refractivity contribution in [1.82, 2.24) is 0 Å². The Morgan fingerprint density at radius 2 is 1.74 bits per heavy atom. The maximum atomic E-state index is 12.6. The van der Waals surface area contributed by atoms with Crippen LogP contribution in [0.5, 0.6) is 5.75 Å². The van der Waals surface area contributed by atoms with Gasteiger partial charge >= 0.3 is 5.63 Å². The summed E-state index contributed by atoms with van der Waals surface area (Å²) in [5.41, 5.74) is -0.698. The molecule has 0 bridgehead atoms. The minimum atomic E-state index is -2.64. The van der Waals surface area contributed by atoms with Crippen molar-refractivity contribution in [2.45, 2.75) is 6.43 Å². The number of hydrogen-bond acceptors (Lipinski definition) is 3. The highest BCUT2D eigenvalue weighted by Crippen LogP contribution is 2.28. The number of aromatic hydroxyl groups is 1. The topological polar surface area (TPSA) is 50.4 Å². The van der Waals surface area contributed by atoms with Crippen molar-refractivity contribution in [2.24, 2.45) is 0 Å². The van der Waals surface area contributed by atoms with E-state index < -0.39 is 12.1 Å². The number of phenolic OH excluding ortho intramolecular Hbond substituents is 1. The van der Waals surface area contributed by atoms with Crippen LogP contribution in [0.2, 0.25) is 0 Å². The van der Waals surface area contributed by atoms with Gasteiger partial charge in [0.2, 0.25) is 0 Å². The van der Waals surface area contributed by atoms with E-state index in [4.69, 9.17) is 4.42 Å². The number of alkyl halides is 2. The zero-order valence-corrected chi connectivity index (χ0v) is 9.56. The summed E-state index contributed by atoms with van der Waals surface area (Å²) in [5, 5.41) is 10.6. The van der Waals surface area contributed by atoms with Crippen LogP contribution in [-0.4, -0.2) is 5.11 Å². The van der Waals surface area contributed by atoms with E-state index in [1.807, 2.05) is 0 Å². The molecule has 0 spiro atoms. The average Bonchev–Trinajstić information content (AvgIpc) is 2.38. The molecule has 0 saturated heterocycles. The van der Waals surface area contributed by atoms with Crippen LogP contribution in [0, 0.1) is 0 Å². The number of halogens is 2. The first-order valence-corrected chi connectivity index (χ1v) is 5.54. The van der Waals surface area contributed by atoms with Gasteiger partial charge in [0.15, 0.2) is 0 Å². The van der Waals surface area contributed by atoms with Crippen molar-refractivity contribution in [3.63, 3.8) is 0 Å². The molecule has 3 rings (SSSR count). The molecule has 5 heteroatoms. The molecule has 2 aromatic carbocycles. The third kappa shape index (κ3) is 1.83. The van der Waals surface area contributed by atoms with Gasteiger partial charge in [-0.15, -0.1) is 0 Å². The van der Waals surface area contributed by atoms with Crippen molar-refractivity contribution in [2.75, 3.05) is 0 Å². The summed E-state index contributed by atoms with van der Waals surface area (Å²) >= 11 is 0. The van der Waals surface area contributed by atoms with Crippen molar-refractivity contribution >= 4 is 21.7 Å². The summed E-state index contributed by atoms with van der Waals surface area (Å²) in [4.78, 5) is 11.8. The van der Waals surface area contributed by atoms with E-state index in [1.165, 1.54) is 24.3 Å². The van der Waals surface area contributed by atoms with Crippen LogP contribution in [0.15, 0.2) is 45.6 Å². The predicted octanol–water partition coefficient (Wildman–Crippen LogP) is 3.59. The first-order valence-electron chi connectivity index (χ1n) is 5.54. The summed E-state index contributed by atoms with van der Waals surface area (Å²) in [6.45, 7) is 0. The Morgan fingerprint density at radius 1 is 1.00 bits per heavy atom. The molecule has 0 fully saturated rings. The Labute approximate surface area is 105 Å². The Morgan fingerprint density at radius 3 is 2.47 bits per heavy atom. The predicted molar refractivity (Wildman–Crippen MR) is 66.6 cm³/mol. The molecule has 0 saturated carbocycles. The van der Waals surface area contributed by atoms with Gasteiger partial charge in [-0.25, -0.2) is 13.6 Å². The third-order valence-electron chi connectivity index (χ3n) is 2.97. The molecule has 1 aromatic heterocycles. The van der Waals surface area contributed by atoms with Gasteiger partial charge in [0.1, 0.15) is 11.3 Å². The van der Waals surface area contributed by atoms with Gasteiger partial charge in [0.25, 0.3) is 6.43 Å². The van der Waals surface area contributed by atoms with Gasteiger partial charge in [-0.1, -0.05) is 12.1 Å². The summed E-state index contributed by atoms with van der Waals surface area (Å²) in [6, 6.07) is 8.22. The van der Waals surface area contributed by atoms with E-state index >= 15 is 0 Å². The standard InChI is InChI=1S/C14H8F2O3/c15-13(16)7-1-3-9-10-4-2-8(17)6-12(10)19-14(18)11(9)5-7/h1-6,13,17H. The lowest BCUT2D eigenvalue weighted by Crippen LogP contribution is -2.00. The Balaban J connectivity index is 2.46. The van der Waals surface area contributed by atoms with Crippen molar-refractivity contribution in [3.05, 3.63) is 52.4 Å². The number of phenols is 1. The lowest BCUT2D eigenvalue weighted by molar-refractivity contribution is 0.151. The van der Waals surface area contributed by atoms with E-state index in [1.54, 1.807) is 6.07 Å². The first-order chi connectivity index (χ1) is 9.06. The summed E-state index contributed by atoms with van der Waals surface area (Å²) in [7, 11) is 0. The molecule has 0 unspecified atom stereocenters. The molecule has 0 aliphatic heterocycles. The van der Waals surface area contributed by atoms with E-state index in [2.05, 4.69) is 0 Å². The fourth-order valence-corrected chi connectivity index (χ4v) is 2.07. The fraction of sp³-hybridized carbons (Fsp3) is 0.0714. The van der Waals surface area contributed by atoms with E-state index in [0.29, 0.717) is 10.8 Å². The third-order valence-corrected chi connectivity index (χ3v) is 2.97. The highest BCUT2D eigenvalue weighted by Gasteiger charge is 2.12. The van der Waals surface area contributed by atoms with Crippen LogP contribution in [0.4, 0.5) is 8.78 Å². The molecule has 0 amide bonds.